The van der Waals surface area contributed by atoms with Gasteiger partial charge in [-0.15, -0.1) is 11.8 Å². The third-order valence-electron chi connectivity index (χ3n) is 7.83. The molecule has 1 amide bonds. The monoisotopic (exact) mass is 666 g/mol. The van der Waals surface area contributed by atoms with Crippen molar-refractivity contribution >= 4 is 29.6 Å². The van der Waals surface area contributed by atoms with E-state index >= 15 is 0 Å². The van der Waals surface area contributed by atoms with E-state index in [4.69, 9.17) is 24.4 Å². The maximum Gasteiger partial charge on any atom is 0.341 e. The Hall–Kier alpha value is -3.44. The predicted molar refractivity (Wildman–Crippen MR) is 167 cm³/mol. The molecular formula is C31H42N2O12S. The average Bonchev–Trinajstić information content (AvgIpc) is 3.47. The molecule has 8 atom stereocenters. The molecular weight excluding hydrogens is 624 g/mol. The van der Waals surface area contributed by atoms with Crippen molar-refractivity contribution in [2.45, 2.75) is 67.8 Å². The second-order valence-corrected chi connectivity index (χ2v) is 12.1. The molecule has 14 nitrogen and oxygen atoms in total. The fourth-order valence-electron chi connectivity index (χ4n) is 5.10. The summed E-state index contributed by atoms with van der Waals surface area (Å²) in [5.74, 6) is -2.21. The van der Waals surface area contributed by atoms with Crippen molar-refractivity contribution < 1.29 is 59.2 Å². The molecule has 2 aromatic rings. The number of carboxylic acids is 1. The number of hydrogen-bond donors (Lipinski definition) is 7. The number of rotatable bonds is 11. The van der Waals surface area contributed by atoms with Gasteiger partial charge in [0.15, 0.2) is 0 Å². The number of para-hydroxylation sites is 2. The molecule has 0 spiro atoms. The number of carbonyl (C=O) groups is 3. The maximum absolute atomic E-state index is 13.0. The molecule has 0 aliphatic carbocycles. The van der Waals surface area contributed by atoms with Gasteiger partial charge in [-0.1, -0.05) is 24.3 Å². The van der Waals surface area contributed by atoms with Crippen LogP contribution in [0, 0.1) is 0 Å². The minimum atomic E-state index is -1.53. The summed E-state index contributed by atoms with van der Waals surface area (Å²) in [6.45, 7) is 2.48. The summed E-state index contributed by atoms with van der Waals surface area (Å²) in [5.41, 5.74) is -0.993. The van der Waals surface area contributed by atoms with Crippen LogP contribution < -0.4 is 5.32 Å². The van der Waals surface area contributed by atoms with Crippen LogP contribution in [0.2, 0.25) is 0 Å². The van der Waals surface area contributed by atoms with Crippen molar-refractivity contribution in [3.05, 3.63) is 59.7 Å². The maximum atomic E-state index is 13.0. The molecule has 15 heteroatoms. The number of ether oxygens (including phenoxy) is 3. The van der Waals surface area contributed by atoms with Crippen molar-refractivity contribution in [2.75, 3.05) is 33.1 Å². The Morgan fingerprint density at radius 3 is 2.13 bits per heavy atom. The lowest BCUT2D eigenvalue weighted by molar-refractivity contribution is -0.212. The molecule has 0 saturated carbocycles. The normalized spacial score (nSPS) is 25.9. The lowest BCUT2D eigenvalue weighted by atomic mass is 9.92. The highest BCUT2D eigenvalue weighted by Gasteiger charge is 2.49. The summed E-state index contributed by atoms with van der Waals surface area (Å²) in [6.07, 6.45) is -4.42. The number of phenols is 2. The van der Waals surface area contributed by atoms with Gasteiger partial charge in [0.05, 0.1) is 18.2 Å². The zero-order chi connectivity index (χ0) is 34.0. The third-order valence-corrected chi connectivity index (χ3v) is 8.95. The average molecular weight is 667 g/mol. The largest absolute Gasteiger partial charge is 0.507 e. The number of aromatic hydroxyl groups is 2. The number of methoxy groups -OCH3 is 1. The van der Waals surface area contributed by atoms with Gasteiger partial charge in [0.2, 0.25) is 5.91 Å². The lowest BCUT2D eigenvalue weighted by Crippen LogP contribution is -2.66. The van der Waals surface area contributed by atoms with Crippen molar-refractivity contribution in [3.8, 4) is 11.5 Å². The zero-order valence-corrected chi connectivity index (χ0v) is 26.6. The first kappa shape index (κ1) is 37.0. The summed E-state index contributed by atoms with van der Waals surface area (Å²) >= 11 is 1.09. The lowest BCUT2D eigenvalue weighted by Gasteiger charge is -2.44. The number of hydrogen-bond acceptors (Lipinski definition) is 13. The Morgan fingerprint density at radius 2 is 1.61 bits per heavy atom. The number of amides is 1. The van der Waals surface area contributed by atoms with Gasteiger partial charge >= 0.3 is 11.9 Å². The summed E-state index contributed by atoms with van der Waals surface area (Å²) in [6, 6.07) is 10.7. The number of nitrogens with one attached hydrogen (secondary N) is 1. The molecule has 7 N–H and O–H groups in total. The minimum Gasteiger partial charge on any atom is -0.507 e. The number of carbonyl (C=O) groups excluding carboxylic acids is 2. The number of esters is 1. The molecule has 2 aliphatic heterocycles. The molecule has 0 unspecified atom stereocenters. The third kappa shape index (κ3) is 9.54. The number of likely N-dealkylation sites (N-methyl/N-ethyl adjacent to an activating group) is 1. The van der Waals surface area contributed by atoms with Crippen molar-refractivity contribution in [2.24, 2.45) is 0 Å². The first-order valence-electron chi connectivity index (χ1n) is 14.7. The number of aliphatic hydroxyl groups excluding tert-OH is 3. The summed E-state index contributed by atoms with van der Waals surface area (Å²) < 4.78 is 16.6. The summed E-state index contributed by atoms with van der Waals surface area (Å²) in [4.78, 5) is 37.3. The van der Waals surface area contributed by atoms with E-state index in [0.29, 0.717) is 6.42 Å². The first-order valence-corrected chi connectivity index (χ1v) is 15.7. The fourth-order valence-corrected chi connectivity index (χ4v) is 6.08. The van der Waals surface area contributed by atoms with Crippen molar-refractivity contribution in [1.29, 1.82) is 0 Å². The van der Waals surface area contributed by atoms with Crippen LogP contribution in [0.15, 0.2) is 48.5 Å². The van der Waals surface area contributed by atoms with E-state index in [1.54, 1.807) is 31.2 Å². The number of likely N-dealkylation sites (tertiary alicyclic amines) is 1. The van der Waals surface area contributed by atoms with Gasteiger partial charge in [-0.2, -0.15) is 0 Å². The Labute approximate surface area is 270 Å². The Morgan fingerprint density at radius 1 is 1.00 bits per heavy atom. The molecule has 254 valence electrons. The summed E-state index contributed by atoms with van der Waals surface area (Å²) in [5, 5.41) is 61.7. The summed E-state index contributed by atoms with van der Waals surface area (Å²) in [7, 11) is 3.34. The second kappa shape index (κ2) is 17.5. The predicted octanol–water partition coefficient (Wildman–Crippen LogP) is 0.794. The van der Waals surface area contributed by atoms with Gasteiger partial charge in [0.1, 0.15) is 59.1 Å². The number of aromatic carboxylic acids is 1. The van der Waals surface area contributed by atoms with Crippen molar-refractivity contribution in [1.82, 2.24) is 10.2 Å². The number of aliphatic hydroxyl groups is 3. The smallest absolute Gasteiger partial charge is 0.341 e. The molecule has 46 heavy (non-hydrogen) atoms. The van der Waals surface area contributed by atoms with E-state index in [-0.39, 0.29) is 46.9 Å². The quantitative estimate of drug-likeness (QED) is 0.130. The Balaban J connectivity index is 0.000000489. The number of nitrogens with zero attached hydrogens (tertiary/aromatic N) is 1. The highest BCUT2D eigenvalue weighted by atomic mass is 32.2. The van der Waals surface area contributed by atoms with Crippen LogP contribution in [-0.4, -0.2) is 134 Å². The number of benzene rings is 2. The molecule has 0 radical (unpaired) electrons. The first-order chi connectivity index (χ1) is 21.9. The van der Waals surface area contributed by atoms with Crippen LogP contribution >= 0.6 is 11.8 Å². The zero-order valence-electron chi connectivity index (χ0n) is 25.8. The van der Waals surface area contributed by atoms with E-state index in [1.807, 2.05) is 11.9 Å². The number of phenolic OH excluding ortho intramolecular Hbond substituents is 1. The van der Waals surface area contributed by atoms with E-state index in [0.717, 1.165) is 24.7 Å². The van der Waals surface area contributed by atoms with Crippen LogP contribution in [-0.2, 0) is 19.0 Å². The second-order valence-electron chi connectivity index (χ2n) is 10.9. The van der Waals surface area contributed by atoms with Crippen LogP contribution in [0.3, 0.4) is 0 Å². The van der Waals surface area contributed by atoms with Gasteiger partial charge in [-0.3, -0.25) is 9.69 Å². The van der Waals surface area contributed by atoms with E-state index in [2.05, 4.69) is 5.32 Å². The van der Waals surface area contributed by atoms with Crippen LogP contribution in [0.1, 0.15) is 40.5 Å². The van der Waals surface area contributed by atoms with Gasteiger partial charge < -0.3 is 50.2 Å². The van der Waals surface area contributed by atoms with E-state index in [1.165, 1.54) is 31.4 Å². The van der Waals surface area contributed by atoms with E-state index < -0.39 is 53.9 Å². The van der Waals surface area contributed by atoms with Crippen molar-refractivity contribution in [3.63, 3.8) is 0 Å². The topological polar surface area (TPSA) is 216 Å². The standard InChI is InChI=1S/C24H36N2O9S.C7H6O3/c1-13(33-3)17(25-22(31)15-8-6-10-26(15)2)21-19(29)18(28)20(30)24(35-21)36-12-11-34-23(32)14-7-4-5-9-16(14)27;8-6-4-2-1-3-5(6)7(9)10/h4-5,7,9,13,15,17-21,24,27-30H,6,8,10-12H2,1-3H3,(H,25,31);1-4,8H,(H,9,10)/t13-,15+,17-,18+,19-,20-,21-,24-;/m1./s1. The van der Waals surface area contributed by atoms with Gasteiger partial charge in [-0.25, -0.2) is 9.59 Å². The van der Waals surface area contributed by atoms with Crippen LogP contribution in [0.4, 0.5) is 0 Å². The molecule has 4 rings (SSSR count). The SMILES string of the molecule is CO[C@H](C)[C@@H](NC(=O)[C@@H]1CCCN1C)[C@H]1O[C@H](SCCOC(=O)c2ccccc2O)[C@H](O)[C@@H](O)[C@H]1O.O=C(O)c1ccccc1O. The Kier molecular flexibility index (Phi) is 14.1. The van der Waals surface area contributed by atoms with Gasteiger partial charge in [0, 0.05) is 12.9 Å². The molecule has 0 bridgehead atoms. The fraction of sp³-hybridized carbons (Fsp3) is 0.516. The molecule has 2 fully saturated rings. The van der Waals surface area contributed by atoms with Crippen LogP contribution in [0.5, 0.6) is 11.5 Å². The highest BCUT2D eigenvalue weighted by molar-refractivity contribution is 7.99. The molecule has 2 heterocycles. The van der Waals surface area contributed by atoms with E-state index in [9.17, 15) is 34.8 Å². The molecule has 0 aromatic heterocycles. The highest BCUT2D eigenvalue weighted by Crippen LogP contribution is 2.31. The molecule has 2 aliphatic rings. The minimum absolute atomic E-state index is 0.0371. The Bertz CT molecular complexity index is 1320. The number of carboxylic acid groups (broad SMARTS) is 1. The van der Waals surface area contributed by atoms with Gasteiger partial charge in [-0.05, 0) is 57.6 Å². The molecule has 2 saturated heterocycles. The van der Waals surface area contributed by atoms with Gasteiger partial charge in [0.25, 0.3) is 0 Å². The van der Waals surface area contributed by atoms with Crippen LogP contribution in [0.25, 0.3) is 0 Å². The number of thioether (sulfide) groups is 1. The molecule has 2 aromatic carbocycles.